The van der Waals surface area contributed by atoms with E-state index in [1.165, 1.54) is 6.42 Å². The highest BCUT2D eigenvalue weighted by Crippen LogP contribution is 2.12. The van der Waals surface area contributed by atoms with Crippen LogP contribution in [0.25, 0.3) is 0 Å². The second kappa shape index (κ2) is 4.16. The van der Waals surface area contributed by atoms with Crippen molar-refractivity contribution in [3.63, 3.8) is 0 Å². The van der Waals surface area contributed by atoms with Crippen LogP contribution in [-0.2, 0) is 0 Å². The van der Waals surface area contributed by atoms with Crippen LogP contribution in [0.3, 0.4) is 0 Å². The molecule has 1 rings (SSSR count). The molecule has 1 aliphatic rings. The summed E-state index contributed by atoms with van der Waals surface area (Å²) in [5, 5.41) is 3.41. The van der Waals surface area contributed by atoms with E-state index in [1.54, 1.807) is 0 Å². The van der Waals surface area contributed by atoms with E-state index in [-0.39, 0.29) is 6.04 Å². The van der Waals surface area contributed by atoms with Gasteiger partial charge in [0.2, 0.25) is 0 Å². The van der Waals surface area contributed by atoms with E-state index >= 15 is 0 Å². The highest BCUT2D eigenvalue weighted by molar-refractivity contribution is 7.80. The van der Waals surface area contributed by atoms with Crippen molar-refractivity contribution < 1.29 is 0 Å². The molecule has 2 unspecified atom stereocenters. The van der Waals surface area contributed by atoms with Gasteiger partial charge in [0.25, 0.3) is 0 Å². The van der Waals surface area contributed by atoms with E-state index in [0.29, 0.717) is 11.0 Å². The Balaban J connectivity index is 2.30. The molecule has 3 nitrogen and oxygen atoms in total. The molecule has 0 aromatic heterocycles. The molecule has 0 aromatic carbocycles. The Labute approximate surface area is 79.3 Å². The first-order valence-electron chi connectivity index (χ1n) is 4.29. The summed E-state index contributed by atoms with van der Waals surface area (Å²) in [5.74, 6) is 0. The van der Waals surface area contributed by atoms with E-state index in [2.05, 4.69) is 24.3 Å². The molecular weight excluding hydrogens is 170 g/mol. The Morgan fingerprint density at radius 2 is 2.25 bits per heavy atom. The van der Waals surface area contributed by atoms with Gasteiger partial charge >= 0.3 is 0 Å². The number of hydrogen-bond acceptors (Lipinski definition) is 3. The standard InChI is InChI=1S/C8H17N3S/c1-11(2)5-6-3-4-7(10-6)8(9)12/h6-7,10H,3-5H2,1-2H3,(H2,9,12). The summed E-state index contributed by atoms with van der Waals surface area (Å²) in [5.41, 5.74) is 5.55. The summed E-state index contributed by atoms with van der Waals surface area (Å²) in [4.78, 5) is 2.79. The van der Waals surface area contributed by atoms with Crippen molar-refractivity contribution in [2.75, 3.05) is 20.6 Å². The zero-order valence-corrected chi connectivity index (χ0v) is 8.53. The average molecular weight is 187 g/mol. The minimum Gasteiger partial charge on any atom is -0.392 e. The molecule has 1 aliphatic heterocycles. The molecule has 0 spiro atoms. The molecule has 1 fully saturated rings. The third kappa shape index (κ3) is 2.69. The minimum atomic E-state index is 0.268. The minimum absolute atomic E-state index is 0.268. The first-order chi connectivity index (χ1) is 5.59. The van der Waals surface area contributed by atoms with Crippen LogP contribution >= 0.6 is 12.2 Å². The van der Waals surface area contributed by atoms with Crippen LogP contribution in [0.5, 0.6) is 0 Å². The van der Waals surface area contributed by atoms with Crippen molar-refractivity contribution in [1.82, 2.24) is 10.2 Å². The Bertz CT molecular complexity index is 170. The Morgan fingerprint density at radius 1 is 1.58 bits per heavy atom. The molecule has 0 radical (unpaired) electrons. The summed E-state index contributed by atoms with van der Waals surface area (Å²) in [6.45, 7) is 1.07. The molecule has 0 aromatic rings. The fraction of sp³-hybridized carbons (Fsp3) is 0.875. The molecule has 0 bridgehead atoms. The lowest BCUT2D eigenvalue weighted by atomic mass is 10.2. The normalized spacial score (nSPS) is 29.6. The molecule has 0 aliphatic carbocycles. The monoisotopic (exact) mass is 187 g/mol. The van der Waals surface area contributed by atoms with Gasteiger partial charge in [0.1, 0.15) is 0 Å². The van der Waals surface area contributed by atoms with E-state index in [1.807, 2.05) is 0 Å². The quantitative estimate of drug-likeness (QED) is 0.608. The topological polar surface area (TPSA) is 41.3 Å². The van der Waals surface area contributed by atoms with Crippen LogP contribution in [0.2, 0.25) is 0 Å². The fourth-order valence-corrected chi connectivity index (χ4v) is 1.81. The molecule has 12 heavy (non-hydrogen) atoms. The second-order valence-corrected chi connectivity index (χ2v) is 4.13. The second-order valence-electron chi connectivity index (χ2n) is 3.66. The van der Waals surface area contributed by atoms with Crippen molar-refractivity contribution >= 4 is 17.2 Å². The highest BCUT2D eigenvalue weighted by atomic mass is 32.1. The maximum absolute atomic E-state index is 5.55. The molecule has 0 saturated carbocycles. The van der Waals surface area contributed by atoms with Crippen LogP contribution in [0.4, 0.5) is 0 Å². The zero-order chi connectivity index (χ0) is 9.14. The SMILES string of the molecule is CN(C)CC1CCC(C(N)=S)N1. The smallest absolute Gasteiger partial charge is 0.0899 e. The van der Waals surface area contributed by atoms with Crippen molar-refractivity contribution in [2.24, 2.45) is 5.73 Å². The number of nitrogens with zero attached hydrogens (tertiary/aromatic N) is 1. The maximum Gasteiger partial charge on any atom is 0.0899 e. The highest BCUT2D eigenvalue weighted by Gasteiger charge is 2.25. The van der Waals surface area contributed by atoms with Gasteiger partial charge in [0.15, 0.2) is 0 Å². The van der Waals surface area contributed by atoms with Gasteiger partial charge in [-0.3, -0.25) is 0 Å². The fourth-order valence-electron chi connectivity index (χ4n) is 1.63. The molecular formula is C8H17N3S. The van der Waals surface area contributed by atoms with Gasteiger partial charge in [0, 0.05) is 12.6 Å². The predicted octanol–water partition coefficient (Wildman–Crippen LogP) is -0.0453. The number of hydrogen-bond donors (Lipinski definition) is 2. The van der Waals surface area contributed by atoms with Gasteiger partial charge in [-0.25, -0.2) is 0 Å². The molecule has 1 heterocycles. The Morgan fingerprint density at radius 3 is 2.67 bits per heavy atom. The zero-order valence-electron chi connectivity index (χ0n) is 7.71. The van der Waals surface area contributed by atoms with Crippen LogP contribution in [0.1, 0.15) is 12.8 Å². The van der Waals surface area contributed by atoms with Gasteiger partial charge in [0.05, 0.1) is 11.0 Å². The van der Waals surface area contributed by atoms with Crippen molar-refractivity contribution in [1.29, 1.82) is 0 Å². The summed E-state index contributed by atoms with van der Waals surface area (Å²) in [6.07, 6.45) is 2.27. The van der Waals surface area contributed by atoms with E-state index in [0.717, 1.165) is 13.0 Å². The number of likely N-dealkylation sites (N-methyl/N-ethyl adjacent to an activating group) is 1. The van der Waals surface area contributed by atoms with E-state index < -0.39 is 0 Å². The lowest BCUT2D eigenvalue weighted by molar-refractivity contribution is 0.355. The van der Waals surface area contributed by atoms with Crippen LogP contribution in [-0.4, -0.2) is 42.6 Å². The third-order valence-electron chi connectivity index (χ3n) is 2.17. The molecule has 1 saturated heterocycles. The summed E-state index contributed by atoms with van der Waals surface area (Å²) < 4.78 is 0. The van der Waals surface area contributed by atoms with Gasteiger partial charge in [-0.1, -0.05) is 12.2 Å². The molecule has 2 atom stereocenters. The van der Waals surface area contributed by atoms with Crippen LogP contribution in [0.15, 0.2) is 0 Å². The lowest BCUT2D eigenvalue weighted by Gasteiger charge is -2.17. The van der Waals surface area contributed by atoms with Crippen LogP contribution < -0.4 is 11.1 Å². The van der Waals surface area contributed by atoms with E-state index in [4.69, 9.17) is 18.0 Å². The first-order valence-corrected chi connectivity index (χ1v) is 4.70. The average Bonchev–Trinajstić information content (AvgIpc) is 2.34. The maximum atomic E-state index is 5.55. The molecule has 3 N–H and O–H groups in total. The largest absolute Gasteiger partial charge is 0.392 e. The number of rotatable bonds is 3. The van der Waals surface area contributed by atoms with Gasteiger partial charge in [-0.05, 0) is 26.9 Å². The number of thiocarbonyl (C=S) groups is 1. The van der Waals surface area contributed by atoms with Gasteiger partial charge in [-0.2, -0.15) is 0 Å². The van der Waals surface area contributed by atoms with Crippen LogP contribution in [0, 0.1) is 0 Å². The lowest BCUT2D eigenvalue weighted by Crippen LogP contribution is -2.42. The van der Waals surface area contributed by atoms with Crippen molar-refractivity contribution in [3.05, 3.63) is 0 Å². The molecule has 70 valence electrons. The van der Waals surface area contributed by atoms with Crippen molar-refractivity contribution in [2.45, 2.75) is 24.9 Å². The van der Waals surface area contributed by atoms with E-state index in [9.17, 15) is 0 Å². The summed E-state index contributed by atoms with van der Waals surface area (Å²) >= 11 is 4.92. The Hall–Kier alpha value is -0.190. The molecule has 4 heteroatoms. The predicted molar refractivity (Wildman–Crippen MR) is 55.3 cm³/mol. The van der Waals surface area contributed by atoms with Crippen molar-refractivity contribution in [3.8, 4) is 0 Å². The van der Waals surface area contributed by atoms with Gasteiger partial charge < -0.3 is 16.0 Å². The summed E-state index contributed by atoms with van der Waals surface area (Å²) in [6, 6.07) is 0.830. The number of nitrogens with one attached hydrogen (secondary N) is 1. The summed E-state index contributed by atoms with van der Waals surface area (Å²) in [7, 11) is 4.16. The molecule has 0 amide bonds. The van der Waals surface area contributed by atoms with Gasteiger partial charge in [-0.15, -0.1) is 0 Å². The third-order valence-corrected chi connectivity index (χ3v) is 2.45. The number of nitrogens with two attached hydrogens (primary N) is 1. The Kier molecular flexibility index (Phi) is 3.43. The first kappa shape index (κ1) is 9.89.